The van der Waals surface area contributed by atoms with Crippen LogP contribution in [-0.4, -0.2) is 61.1 Å². The first-order chi connectivity index (χ1) is 14.2. The topological polar surface area (TPSA) is 99.7 Å². The molecule has 2 aromatic heterocycles. The smallest absolute Gasteiger partial charge is 0.252 e. The van der Waals surface area contributed by atoms with Gasteiger partial charge in [-0.2, -0.15) is 4.31 Å². The van der Waals surface area contributed by atoms with Gasteiger partial charge in [-0.1, -0.05) is 23.2 Å². The van der Waals surface area contributed by atoms with E-state index in [0.717, 1.165) is 15.6 Å². The highest BCUT2D eigenvalue weighted by molar-refractivity contribution is 7.91. The number of hydrogen-bond acceptors (Lipinski definition) is 6. The summed E-state index contributed by atoms with van der Waals surface area (Å²) in [6, 6.07) is 6.18. The Hall–Kier alpha value is -1.72. The number of carbonyl (C=O) groups excluding carboxylic acids is 2. The normalized spacial score (nSPS) is 15.4. The number of likely N-dealkylation sites (N-methyl/N-ethyl adjacent to an activating group) is 1. The molecule has 162 valence electrons. The van der Waals surface area contributed by atoms with Crippen LogP contribution in [0.5, 0.6) is 0 Å². The van der Waals surface area contributed by atoms with Crippen LogP contribution in [0.3, 0.4) is 0 Å². The van der Waals surface area contributed by atoms with E-state index >= 15 is 0 Å². The van der Waals surface area contributed by atoms with Gasteiger partial charge in [0.25, 0.3) is 10.0 Å². The van der Waals surface area contributed by atoms with Crippen LogP contribution in [0.2, 0.25) is 9.36 Å². The lowest BCUT2D eigenvalue weighted by Gasteiger charge is -2.32. The Morgan fingerprint density at radius 1 is 1.23 bits per heavy atom. The molecule has 3 heterocycles. The first-order valence-corrected chi connectivity index (χ1v) is 12.1. The molecule has 0 radical (unpaired) electrons. The molecule has 2 aromatic rings. The van der Waals surface area contributed by atoms with E-state index in [-0.39, 0.29) is 28.5 Å². The fraction of sp³-hybridized carbons (Fsp3) is 0.389. The highest BCUT2D eigenvalue weighted by Gasteiger charge is 2.30. The van der Waals surface area contributed by atoms with Gasteiger partial charge in [0.2, 0.25) is 11.8 Å². The van der Waals surface area contributed by atoms with Crippen LogP contribution in [-0.2, 0) is 19.6 Å². The third-order valence-corrected chi connectivity index (χ3v) is 8.49. The van der Waals surface area contributed by atoms with Gasteiger partial charge in [0, 0.05) is 32.3 Å². The molecule has 0 atom stereocenters. The molecule has 0 aliphatic carbocycles. The molecular formula is C18H20Cl2N4O4S2. The molecule has 1 N–H and O–H groups in total. The van der Waals surface area contributed by atoms with Crippen molar-refractivity contribution in [3.63, 3.8) is 0 Å². The average molecular weight is 491 g/mol. The number of thiophene rings is 1. The second-order valence-corrected chi connectivity index (χ2v) is 11.2. The number of nitrogens with one attached hydrogen (secondary N) is 1. The molecule has 0 bridgehead atoms. The quantitative estimate of drug-likeness (QED) is 0.670. The first kappa shape index (κ1) is 23.0. The summed E-state index contributed by atoms with van der Waals surface area (Å²) in [4.78, 5) is 30.6. The molecule has 1 aliphatic heterocycles. The van der Waals surface area contributed by atoms with Gasteiger partial charge < -0.3 is 10.2 Å². The van der Waals surface area contributed by atoms with E-state index in [1.165, 1.54) is 25.4 Å². The molecule has 1 saturated heterocycles. The van der Waals surface area contributed by atoms with E-state index in [4.69, 9.17) is 23.2 Å². The maximum absolute atomic E-state index is 12.6. The monoisotopic (exact) mass is 490 g/mol. The standard InChI is InChI=1S/C18H20Cl2N4O4S2/c1-23(30(27,28)17-5-3-14(20)29-17)11-16(25)24-8-6-12(7-9-24)18(26)22-15-4-2-13(19)10-21-15/h2-5,10,12H,6-9,11H2,1H3,(H,21,22,26). The number of piperidine rings is 1. The number of carbonyl (C=O) groups is 2. The molecule has 1 aliphatic rings. The lowest BCUT2D eigenvalue weighted by atomic mass is 9.96. The zero-order valence-electron chi connectivity index (χ0n) is 16.0. The maximum Gasteiger partial charge on any atom is 0.252 e. The van der Waals surface area contributed by atoms with E-state index in [1.807, 2.05) is 0 Å². The minimum atomic E-state index is -3.77. The Kier molecular flexibility index (Phi) is 7.35. The van der Waals surface area contributed by atoms with Crippen LogP contribution in [0.4, 0.5) is 5.82 Å². The molecule has 3 rings (SSSR count). The number of halogens is 2. The van der Waals surface area contributed by atoms with E-state index < -0.39 is 10.0 Å². The number of rotatable bonds is 6. The Balaban J connectivity index is 1.51. The lowest BCUT2D eigenvalue weighted by molar-refractivity contribution is -0.134. The van der Waals surface area contributed by atoms with E-state index in [2.05, 4.69) is 10.3 Å². The highest BCUT2D eigenvalue weighted by atomic mass is 35.5. The van der Waals surface area contributed by atoms with Crippen molar-refractivity contribution in [1.82, 2.24) is 14.2 Å². The Bertz CT molecular complexity index is 1020. The van der Waals surface area contributed by atoms with Gasteiger partial charge in [-0.3, -0.25) is 9.59 Å². The van der Waals surface area contributed by atoms with Gasteiger partial charge in [-0.25, -0.2) is 13.4 Å². The van der Waals surface area contributed by atoms with Crippen molar-refractivity contribution in [1.29, 1.82) is 0 Å². The molecule has 0 aromatic carbocycles. The van der Waals surface area contributed by atoms with Crippen molar-refractivity contribution in [2.45, 2.75) is 17.1 Å². The molecule has 0 saturated carbocycles. The summed E-state index contributed by atoms with van der Waals surface area (Å²) in [5, 5.41) is 3.23. The van der Waals surface area contributed by atoms with Gasteiger partial charge in [0.1, 0.15) is 10.0 Å². The minimum absolute atomic E-state index is 0.0917. The van der Waals surface area contributed by atoms with Crippen LogP contribution >= 0.6 is 34.5 Å². The molecule has 0 spiro atoms. The summed E-state index contributed by atoms with van der Waals surface area (Å²) < 4.78 is 26.6. The van der Waals surface area contributed by atoms with Crippen molar-refractivity contribution < 1.29 is 18.0 Å². The fourth-order valence-corrected chi connectivity index (χ4v) is 5.96. The number of nitrogens with zero attached hydrogens (tertiary/aromatic N) is 3. The van der Waals surface area contributed by atoms with Crippen molar-refractivity contribution in [3.05, 3.63) is 39.8 Å². The molecule has 2 amide bonds. The molecule has 8 nitrogen and oxygen atoms in total. The summed E-state index contributed by atoms with van der Waals surface area (Å²) in [7, 11) is -2.41. The van der Waals surface area contributed by atoms with Crippen molar-refractivity contribution in [2.75, 3.05) is 32.0 Å². The highest BCUT2D eigenvalue weighted by Crippen LogP contribution is 2.28. The number of pyridine rings is 1. The van der Waals surface area contributed by atoms with E-state index in [0.29, 0.717) is 41.1 Å². The van der Waals surface area contributed by atoms with Gasteiger partial charge >= 0.3 is 0 Å². The molecule has 0 unspecified atom stereocenters. The second kappa shape index (κ2) is 9.61. The average Bonchev–Trinajstić information content (AvgIpc) is 3.17. The number of anilines is 1. The molecule has 12 heteroatoms. The SMILES string of the molecule is CN(CC(=O)N1CCC(C(=O)Nc2ccc(Cl)cn2)CC1)S(=O)(=O)c1ccc(Cl)s1. The van der Waals surface area contributed by atoms with Crippen LogP contribution < -0.4 is 5.32 Å². The summed E-state index contributed by atoms with van der Waals surface area (Å²) in [5.41, 5.74) is 0. The summed E-state index contributed by atoms with van der Waals surface area (Å²) >= 11 is 12.5. The predicted molar refractivity (Wildman–Crippen MR) is 116 cm³/mol. The predicted octanol–water partition coefficient (Wildman–Crippen LogP) is 2.95. The summed E-state index contributed by atoms with van der Waals surface area (Å²) in [6.07, 6.45) is 2.43. The maximum atomic E-state index is 12.6. The Labute approximate surface area is 188 Å². The molecular weight excluding hydrogens is 471 g/mol. The molecule has 30 heavy (non-hydrogen) atoms. The number of hydrogen-bond donors (Lipinski definition) is 1. The van der Waals surface area contributed by atoms with Gasteiger partial charge in [-0.05, 0) is 37.1 Å². The summed E-state index contributed by atoms with van der Waals surface area (Å²) in [6.45, 7) is 0.483. The largest absolute Gasteiger partial charge is 0.342 e. The Morgan fingerprint density at radius 2 is 1.93 bits per heavy atom. The third-order valence-electron chi connectivity index (χ3n) is 4.77. The van der Waals surface area contributed by atoms with Gasteiger partial charge in [0.15, 0.2) is 0 Å². The third kappa shape index (κ3) is 5.50. The number of likely N-dealkylation sites (tertiary alicyclic amines) is 1. The van der Waals surface area contributed by atoms with Crippen molar-refractivity contribution in [2.24, 2.45) is 5.92 Å². The number of sulfonamides is 1. The van der Waals surface area contributed by atoms with Crippen LogP contribution in [0.1, 0.15) is 12.8 Å². The van der Waals surface area contributed by atoms with E-state index in [9.17, 15) is 18.0 Å². The second-order valence-electron chi connectivity index (χ2n) is 6.83. The zero-order valence-corrected chi connectivity index (χ0v) is 19.2. The number of aromatic nitrogens is 1. The fourth-order valence-electron chi connectivity index (χ4n) is 3.03. The van der Waals surface area contributed by atoms with Gasteiger partial charge in [-0.15, -0.1) is 11.3 Å². The number of amides is 2. The minimum Gasteiger partial charge on any atom is -0.342 e. The molecule has 1 fully saturated rings. The van der Waals surface area contributed by atoms with Crippen LogP contribution in [0.15, 0.2) is 34.7 Å². The van der Waals surface area contributed by atoms with Gasteiger partial charge in [0.05, 0.1) is 15.9 Å². The van der Waals surface area contributed by atoms with Crippen molar-refractivity contribution >= 4 is 62.2 Å². The Morgan fingerprint density at radius 3 is 2.50 bits per heavy atom. The van der Waals surface area contributed by atoms with Crippen LogP contribution in [0, 0.1) is 5.92 Å². The van der Waals surface area contributed by atoms with E-state index in [1.54, 1.807) is 17.0 Å². The first-order valence-electron chi connectivity index (χ1n) is 9.08. The summed E-state index contributed by atoms with van der Waals surface area (Å²) in [5.74, 6) is -0.294. The van der Waals surface area contributed by atoms with Crippen LogP contribution in [0.25, 0.3) is 0 Å². The zero-order chi connectivity index (χ0) is 21.9. The van der Waals surface area contributed by atoms with Crippen molar-refractivity contribution in [3.8, 4) is 0 Å². The lowest BCUT2D eigenvalue weighted by Crippen LogP contribution is -2.46.